The average Bonchev–Trinajstić information content (AvgIpc) is 2.18. The van der Waals surface area contributed by atoms with Crippen LogP contribution in [0, 0.1) is 0 Å². The first kappa shape index (κ1) is 14.3. The maximum absolute atomic E-state index is 5.10. The Morgan fingerprint density at radius 3 is 2.27 bits per heavy atom. The van der Waals surface area contributed by atoms with E-state index >= 15 is 0 Å². The molecule has 0 atom stereocenters. The lowest BCUT2D eigenvalue weighted by Crippen LogP contribution is -2.24. The van der Waals surface area contributed by atoms with Gasteiger partial charge in [-0.15, -0.1) is 12.4 Å². The second kappa shape index (κ2) is 7.55. The fraction of sp³-hybridized carbons (Fsp3) is 0.500. The van der Waals surface area contributed by atoms with E-state index in [1.165, 1.54) is 5.56 Å². The van der Waals surface area contributed by atoms with Gasteiger partial charge in [-0.2, -0.15) is 0 Å². The van der Waals surface area contributed by atoms with E-state index in [4.69, 9.17) is 4.74 Å². The summed E-state index contributed by atoms with van der Waals surface area (Å²) in [5, 5.41) is 3.39. The Bertz CT molecular complexity index is 259. The molecule has 0 heterocycles. The summed E-state index contributed by atoms with van der Waals surface area (Å²) in [6, 6.07) is 8.80. The summed E-state index contributed by atoms with van der Waals surface area (Å²) < 4.78 is 5.10. The zero-order valence-corrected chi connectivity index (χ0v) is 10.4. The molecular weight excluding hydrogens is 210 g/mol. The number of hydrogen-bond donors (Lipinski definition) is 1. The van der Waals surface area contributed by atoms with E-state index in [-0.39, 0.29) is 12.4 Å². The van der Waals surface area contributed by atoms with Crippen LogP contribution >= 0.6 is 12.4 Å². The topological polar surface area (TPSA) is 21.3 Å². The Kier molecular flexibility index (Phi) is 7.18. The average molecular weight is 230 g/mol. The highest BCUT2D eigenvalue weighted by Gasteiger charge is 1.95. The molecule has 0 spiro atoms. The molecule has 0 bridgehead atoms. The Morgan fingerprint density at radius 2 is 1.80 bits per heavy atom. The molecule has 1 N–H and O–H groups in total. The third-order valence-electron chi connectivity index (χ3n) is 2.13. The number of halogens is 1. The van der Waals surface area contributed by atoms with E-state index in [2.05, 4.69) is 31.3 Å². The lowest BCUT2D eigenvalue weighted by molar-refractivity contribution is 0.414. The van der Waals surface area contributed by atoms with Crippen LogP contribution in [0.4, 0.5) is 0 Å². The molecule has 1 aromatic rings. The maximum atomic E-state index is 5.10. The largest absolute Gasteiger partial charge is 0.497 e. The standard InChI is InChI=1S/C12H19NO.ClH/c1-10(2)13-9-8-11-4-6-12(14-3)7-5-11;/h4-7,10,13H,8-9H2,1-3H3;1H. The molecule has 0 aliphatic rings. The van der Waals surface area contributed by atoms with Crippen molar-refractivity contribution in [1.29, 1.82) is 0 Å². The van der Waals surface area contributed by atoms with Crippen LogP contribution in [-0.2, 0) is 6.42 Å². The van der Waals surface area contributed by atoms with Crippen molar-refractivity contribution in [3.05, 3.63) is 29.8 Å². The lowest BCUT2D eigenvalue weighted by atomic mass is 10.1. The molecule has 15 heavy (non-hydrogen) atoms. The van der Waals surface area contributed by atoms with Gasteiger partial charge in [0.15, 0.2) is 0 Å². The maximum Gasteiger partial charge on any atom is 0.118 e. The lowest BCUT2D eigenvalue weighted by Gasteiger charge is -2.08. The fourth-order valence-electron chi connectivity index (χ4n) is 1.30. The quantitative estimate of drug-likeness (QED) is 0.838. The molecule has 2 nitrogen and oxygen atoms in total. The van der Waals surface area contributed by atoms with Gasteiger partial charge in [0.05, 0.1) is 7.11 Å². The molecule has 0 unspecified atom stereocenters. The van der Waals surface area contributed by atoms with E-state index in [1.54, 1.807) is 7.11 Å². The van der Waals surface area contributed by atoms with Crippen LogP contribution in [0.25, 0.3) is 0 Å². The van der Waals surface area contributed by atoms with Crippen molar-refractivity contribution in [2.75, 3.05) is 13.7 Å². The smallest absolute Gasteiger partial charge is 0.118 e. The van der Waals surface area contributed by atoms with Gasteiger partial charge in [0.1, 0.15) is 5.75 Å². The Morgan fingerprint density at radius 1 is 1.20 bits per heavy atom. The molecule has 0 aliphatic carbocycles. The van der Waals surface area contributed by atoms with Crippen LogP contribution in [0.1, 0.15) is 19.4 Å². The number of ether oxygens (including phenoxy) is 1. The number of benzene rings is 1. The molecule has 1 aromatic carbocycles. The Balaban J connectivity index is 0.00000196. The highest BCUT2D eigenvalue weighted by molar-refractivity contribution is 5.85. The zero-order valence-electron chi connectivity index (χ0n) is 9.62. The van der Waals surface area contributed by atoms with E-state index < -0.39 is 0 Å². The summed E-state index contributed by atoms with van der Waals surface area (Å²) >= 11 is 0. The van der Waals surface area contributed by atoms with Crippen LogP contribution in [-0.4, -0.2) is 19.7 Å². The fourth-order valence-corrected chi connectivity index (χ4v) is 1.30. The molecule has 0 saturated heterocycles. The summed E-state index contributed by atoms with van der Waals surface area (Å²) in [5.41, 5.74) is 1.35. The monoisotopic (exact) mass is 229 g/mol. The minimum absolute atomic E-state index is 0. The molecule has 3 heteroatoms. The highest BCUT2D eigenvalue weighted by Crippen LogP contribution is 2.11. The van der Waals surface area contributed by atoms with Crippen molar-refractivity contribution in [1.82, 2.24) is 5.32 Å². The van der Waals surface area contributed by atoms with Crippen LogP contribution < -0.4 is 10.1 Å². The normalized spacial score (nSPS) is 9.87. The summed E-state index contributed by atoms with van der Waals surface area (Å²) in [4.78, 5) is 0. The first-order valence-electron chi connectivity index (χ1n) is 5.08. The van der Waals surface area contributed by atoms with Crippen molar-refractivity contribution in [3.8, 4) is 5.75 Å². The zero-order chi connectivity index (χ0) is 10.4. The SMILES string of the molecule is COc1ccc(CCNC(C)C)cc1.Cl. The molecule has 0 fully saturated rings. The van der Waals surface area contributed by atoms with Crippen LogP contribution in [0.2, 0.25) is 0 Å². The third kappa shape index (κ3) is 5.65. The molecule has 0 aliphatic heterocycles. The van der Waals surface area contributed by atoms with Crippen LogP contribution in [0.3, 0.4) is 0 Å². The second-order valence-electron chi connectivity index (χ2n) is 3.71. The molecule has 86 valence electrons. The number of nitrogens with one attached hydrogen (secondary N) is 1. The van der Waals surface area contributed by atoms with Crippen LogP contribution in [0.15, 0.2) is 24.3 Å². The van der Waals surface area contributed by atoms with Crippen LogP contribution in [0.5, 0.6) is 5.75 Å². The number of rotatable bonds is 5. The van der Waals surface area contributed by atoms with Gasteiger partial charge in [0.25, 0.3) is 0 Å². The van der Waals surface area contributed by atoms with Gasteiger partial charge in [-0.1, -0.05) is 26.0 Å². The van der Waals surface area contributed by atoms with Crippen molar-refractivity contribution in [3.63, 3.8) is 0 Å². The predicted molar refractivity (Wildman–Crippen MR) is 67.1 cm³/mol. The molecule has 0 amide bonds. The molecule has 1 rings (SSSR count). The van der Waals surface area contributed by atoms with Gasteiger partial charge < -0.3 is 10.1 Å². The van der Waals surface area contributed by atoms with Gasteiger partial charge in [0, 0.05) is 6.04 Å². The van der Waals surface area contributed by atoms with Gasteiger partial charge in [-0.3, -0.25) is 0 Å². The van der Waals surface area contributed by atoms with Crippen molar-refractivity contribution >= 4 is 12.4 Å². The van der Waals surface area contributed by atoms with Crippen molar-refractivity contribution in [2.45, 2.75) is 26.3 Å². The van der Waals surface area contributed by atoms with Gasteiger partial charge in [0.2, 0.25) is 0 Å². The highest BCUT2D eigenvalue weighted by atomic mass is 35.5. The van der Waals surface area contributed by atoms with E-state index in [9.17, 15) is 0 Å². The van der Waals surface area contributed by atoms with Gasteiger partial charge in [-0.05, 0) is 30.7 Å². The summed E-state index contributed by atoms with van der Waals surface area (Å²) in [7, 11) is 1.69. The Hall–Kier alpha value is -0.730. The number of hydrogen-bond acceptors (Lipinski definition) is 2. The van der Waals surface area contributed by atoms with Gasteiger partial charge >= 0.3 is 0 Å². The second-order valence-corrected chi connectivity index (χ2v) is 3.71. The van der Waals surface area contributed by atoms with Crippen molar-refractivity contribution in [2.24, 2.45) is 0 Å². The summed E-state index contributed by atoms with van der Waals surface area (Å²) in [6.07, 6.45) is 1.07. The van der Waals surface area contributed by atoms with E-state index in [1.807, 2.05) is 12.1 Å². The van der Waals surface area contributed by atoms with Crippen molar-refractivity contribution < 1.29 is 4.74 Å². The molecule has 0 radical (unpaired) electrons. The molecule has 0 aromatic heterocycles. The third-order valence-corrected chi connectivity index (χ3v) is 2.13. The molecule has 0 saturated carbocycles. The first-order valence-corrected chi connectivity index (χ1v) is 5.08. The minimum atomic E-state index is 0. The van der Waals surface area contributed by atoms with E-state index in [0.29, 0.717) is 6.04 Å². The summed E-state index contributed by atoms with van der Waals surface area (Å²) in [6.45, 7) is 5.35. The Labute approximate surface area is 98.4 Å². The van der Waals surface area contributed by atoms with Gasteiger partial charge in [-0.25, -0.2) is 0 Å². The first-order chi connectivity index (χ1) is 6.72. The minimum Gasteiger partial charge on any atom is -0.497 e. The van der Waals surface area contributed by atoms with E-state index in [0.717, 1.165) is 18.7 Å². The predicted octanol–water partition coefficient (Wildman–Crippen LogP) is 2.66. The number of methoxy groups -OCH3 is 1. The molecular formula is C12H20ClNO. The summed E-state index contributed by atoms with van der Waals surface area (Å²) in [5.74, 6) is 0.922.